The highest BCUT2D eigenvalue weighted by Gasteiger charge is 2.20. The van der Waals surface area contributed by atoms with Crippen LogP contribution in [0, 0.1) is 10.1 Å². The molecule has 0 aromatic carbocycles. The number of carboxylic acid groups (broad SMARTS) is 1. The highest BCUT2D eigenvalue weighted by molar-refractivity contribution is 7.99. The zero-order valence-electron chi connectivity index (χ0n) is 10.5. The van der Waals surface area contributed by atoms with Crippen LogP contribution in [0.4, 0.5) is 11.5 Å². The number of nitrogens with one attached hydrogen (secondary N) is 1. The quantitative estimate of drug-likeness (QED) is 0.428. The minimum absolute atomic E-state index is 0.337. The van der Waals surface area contributed by atoms with Gasteiger partial charge in [-0.1, -0.05) is 6.92 Å². The van der Waals surface area contributed by atoms with E-state index >= 15 is 0 Å². The monoisotopic (exact) mass is 285 g/mol. The van der Waals surface area contributed by atoms with Crippen molar-refractivity contribution < 1.29 is 14.8 Å². The Balaban J connectivity index is 2.68. The van der Waals surface area contributed by atoms with Gasteiger partial charge in [0.1, 0.15) is 17.6 Å². The minimum atomic E-state index is -1.33. The van der Waals surface area contributed by atoms with Crippen molar-refractivity contribution in [3.63, 3.8) is 0 Å². The average molecular weight is 285 g/mol. The van der Waals surface area contributed by atoms with E-state index < -0.39 is 16.6 Å². The predicted molar refractivity (Wildman–Crippen MR) is 74.0 cm³/mol. The van der Waals surface area contributed by atoms with Gasteiger partial charge in [0.2, 0.25) is 0 Å². The largest absolute Gasteiger partial charge is 0.477 e. The van der Waals surface area contributed by atoms with Crippen molar-refractivity contribution in [2.45, 2.75) is 13.3 Å². The molecule has 0 saturated heterocycles. The summed E-state index contributed by atoms with van der Waals surface area (Å²) in [6.45, 7) is 2.73. The molecule has 104 valence electrons. The minimum Gasteiger partial charge on any atom is -0.477 e. The number of aromatic nitrogens is 1. The molecular weight excluding hydrogens is 270 g/mol. The Labute approximate surface area is 114 Å². The second-order valence-electron chi connectivity index (χ2n) is 3.63. The number of carboxylic acids is 1. The molecule has 0 atom stereocenters. The fraction of sp³-hybridized carbons (Fsp3) is 0.455. The summed E-state index contributed by atoms with van der Waals surface area (Å²) in [7, 11) is 0. The van der Waals surface area contributed by atoms with E-state index in [1.165, 1.54) is 6.07 Å². The van der Waals surface area contributed by atoms with Gasteiger partial charge in [-0.2, -0.15) is 11.8 Å². The lowest BCUT2D eigenvalue weighted by atomic mass is 10.2. The molecule has 1 heterocycles. The van der Waals surface area contributed by atoms with Crippen LogP contribution in [0.15, 0.2) is 12.3 Å². The van der Waals surface area contributed by atoms with Crippen molar-refractivity contribution >= 4 is 29.2 Å². The molecular formula is C11H15N3O4S. The van der Waals surface area contributed by atoms with Gasteiger partial charge in [-0.3, -0.25) is 10.1 Å². The molecule has 0 amide bonds. The van der Waals surface area contributed by atoms with Gasteiger partial charge in [0, 0.05) is 12.6 Å². The Morgan fingerprint density at radius 2 is 2.37 bits per heavy atom. The molecule has 0 radical (unpaired) electrons. The van der Waals surface area contributed by atoms with Crippen molar-refractivity contribution in [3.05, 3.63) is 27.9 Å². The van der Waals surface area contributed by atoms with Crippen molar-refractivity contribution in [3.8, 4) is 0 Å². The van der Waals surface area contributed by atoms with E-state index in [2.05, 4.69) is 17.2 Å². The maximum atomic E-state index is 10.9. The Hall–Kier alpha value is -1.83. The molecule has 2 N–H and O–H groups in total. The standard InChI is InChI=1S/C11H15N3O4S/c1-2-19-5-3-4-12-10-6-8(11(15)16)9(7-13-10)14(17)18/h6-7H,2-5H2,1H3,(H,12,13)(H,15,16). The van der Waals surface area contributed by atoms with Gasteiger partial charge in [0.15, 0.2) is 0 Å². The Morgan fingerprint density at radius 3 is 2.95 bits per heavy atom. The lowest BCUT2D eigenvalue weighted by molar-refractivity contribution is -0.385. The number of carbonyl (C=O) groups is 1. The van der Waals surface area contributed by atoms with Gasteiger partial charge in [0.25, 0.3) is 0 Å². The molecule has 0 unspecified atom stereocenters. The normalized spacial score (nSPS) is 10.2. The first-order chi connectivity index (χ1) is 9.06. The Morgan fingerprint density at radius 1 is 1.63 bits per heavy atom. The predicted octanol–water partition coefficient (Wildman–Crippen LogP) is 2.24. The summed E-state index contributed by atoms with van der Waals surface area (Å²) >= 11 is 1.81. The highest BCUT2D eigenvalue weighted by atomic mass is 32.2. The van der Waals surface area contributed by atoms with Crippen LogP contribution >= 0.6 is 11.8 Å². The third-order valence-corrected chi connectivity index (χ3v) is 3.27. The maximum absolute atomic E-state index is 10.9. The third kappa shape index (κ3) is 4.74. The molecule has 1 rings (SSSR count). The average Bonchev–Trinajstić information content (AvgIpc) is 2.38. The summed E-state index contributed by atoms with van der Waals surface area (Å²) in [5.41, 5.74) is -0.856. The van der Waals surface area contributed by atoms with Crippen LogP contribution in [0.3, 0.4) is 0 Å². The van der Waals surface area contributed by atoms with E-state index in [4.69, 9.17) is 5.11 Å². The number of hydrogen-bond donors (Lipinski definition) is 2. The van der Waals surface area contributed by atoms with Crippen molar-refractivity contribution in [2.75, 3.05) is 23.4 Å². The molecule has 0 aliphatic carbocycles. The highest BCUT2D eigenvalue weighted by Crippen LogP contribution is 2.20. The number of anilines is 1. The lowest BCUT2D eigenvalue weighted by Crippen LogP contribution is -2.08. The van der Waals surface area contributed by atoms with Crippen LogP contribution in [0.25, 0.3) is 0 Å². The van der Waals surface area contributed by atoms with Gasteiger partial charge < -0.3 is 10.4 Å². The third-order valence-electron chi connectivity index (χ3n) is 2.29. The van der Waals surface area contributed by atoms with Gasteiger partial charge >= 0.3 is 11.7 Å². The smallest absolute Gasteiger partial charge is 0.342 e. The second-order valence-corrected chi connectivity index (χ2v) is 5.02. The summed E-state index contributed by atoms with van der Waals surface area (Å²) in [6.07, 6.45) is 1.88. The first-order valence-corrected chi connectivity index (χ1v) is 6.91. The lowest BCUT2D eigenvalue weighted by Gasteiger charge is -2.06. The van der Waals surface area contributed by atoms with Crippen LogP contribution in [0.5, 0.6) is 0 Å². The van der Waals surface area contributed by atoms with Crippen molar-refractivity contribution in [2.24, 2.45) is 0 Å². The Kier molecular flexibility index (Phi) is 6.07. The topological polar surface area (TPSA) is 105 Å². The van der Waals surface area contributed by atoms with Crippen LogP contribution < -0.4 is 5.32 Å². The van der Waals surface area contributed by atoms with Gasteiger partial charge in [-0.05, 0) is 17.9 Å². The maximum Gasteiger partial charge on any atom is 0.342 e. The van der Waals surface area contributed by atoms with E-state index in [1.807, 2.05) is 11.8 Å². The molecule has 8 heteroatoms. The van der Waals surface area contributed by atoms with Crippen molar-refractivity contribution in [1.82, 2.24) is 4.98 Å². The number of thioether (sulfide) groups is 1. The molecule has 0 saturated carbocycles. The summed E-state index contributed by atoms with van der Waals surface area (Å²) in [5.74, 6) is 1.06. The van der Waals surface area contributed by atoms with E-state index in [0.717, 1.165) is 24.1 Å². The van der Waals surface area contributed by atoms with Gasteiger partial charge in [-0.15, -0.1) is 0 Å². The van der Waals surface area contributed by atoms with Crippen LogP contribution in [0.2, 0.25) is 0 Å². The number of nitro groups is 1. The summed E-state index contributed by atoms with van der Waals surface area (Å²) < 4.78 is 0. The zero-order chi connectivity index (χ0) is 14.3. The molecule has 7 nitrogen and oxygen atoms in total. The Bertz CT molecular complexity index is 467. The zero-order valence-corrected chi connectivity index (χ0v) is 11.3. The van der Waals surface area contributed by atoms with Gasteiger partial charge in [0.05, 0.1) is 4.92 Å². The number of hydrogen-bond acceptors (Lipinski definition) is 6. The molecule has 0 bridgehead atoms. The summed E-state index contributed by atoms with van der Waals surface area (Å²) in [5, 5.41) is 22.5. The SMILES string of the molecule is CCSCCCNc1cc(C(=O)O)c([N+](=O)[O-])cn1. The number of pyridine rings is 1. The molecule has 0 aliphatic rings. The van der Waals surface area contributed by atoms with Gasteiger partial charge in [-0.25, -0.2) is 9.78 Å². The van der Waals surface area contributed by atoms with Crippen molar-refractivity contribution in [1.29, 1.82) is 0 Å². The van der Waals surface area contributed by atoms with E-state index in [0.29, 0.717) is 12.4 Å². The first-order valence-electron chi connectivity index (χ1n) is 5.75. The van der Waals surface area contributed by atoms with Crippen LogP contribution in [-0.2, 0) is 0 Å². The number of nitrogens with zero attached hydrogens (tertiary/aromatic N) is 2. The first kappa shape index (κ1) is 15.2. The van der Waals surface area contributed by atoms with Crippen LogP contribution in [0.1, 0.15) is 23.7 Å². The second kappa shape index (κ2) is 7.57. The molecule has 1 aromatic rings. The van der Waals surface area contributed by atoms with E-state index in [1.54, 1.807) is 0 Å². The summed E-state index contributed by atoms with van der Waals surface area (Å²) in [4.78, 5) is 24.7. The molecule has 0 aliphatic heterocycles. The summed E-state index contributed by atoms with van der Waals surface area (Å²) in [6, 6.07) is 1.19. The van der Waals surface area contributed by atoms with Crippen LogP contribution in [-0.4, -0.2) is 39.0 Å². The number of rotatable bonds is 8. The number of aromatic carboxylic acids is 1. The molecule has 19 heavy (non-hydrogen) atoms. The van der Waals surface area contributed by atoms with E-state index in [9.17, 15) is 14.9 Å². The molecule has 1 aromatic heterocycles. The molecule has 0 spiro atoms. The van der Waals surface area contributed by atoms with E-state index in [-0.39, 0.29) is 5.56 Å². The fourth-order valence-corrected chi connectivity index (χ4v) is 2.03. The molecule has 0 fully saturated rings. The fourth-order valence-electron chi connectivity index (χ4n) is 1.40.